The van der Waals surface area contributed by atoms with Gasteiger partial charge in [-0.1, -0.05) is 53.5 Å². The van der Waals surface area contributed by atoms with Gasteiger partial charge in [-0.15, -0.1) is 0 Å². The summed E-state index contributed by atoms with van der Waals surface area (Å²) in [5.41, 5.74) is 10.1. The molecular weight excluding hydrogens is 381 g/mol. The molecule has 0 aromatic heterocycles. The number of rotatable bonds is 1. The molecule has 0 atom stereocenters. The summed E-state index contributed by atoms with van der Waals surface area (Å²) in [6, 6.07) is 16.9. The molecule has 27 heavy (non-hydrogen) atoms. The molecule has 0 fully saturated rings. The molecule has 4 nitrogen and oxygen atoms in total. The standard InChI is InChI=1S/C21H11Cl2N3O/c22-16-6-3-5-12(20(16)23)19-14(9-25)21(26)13(8-24)18-11-4-1-2-7-17(11)27-10-15(18)19/h1-7H,10,26H2. The lowest BCUT2D eigenvalue weighted by Gasteiger charge is -2.26. The first-order chi connectivity index (χ1) is 13.1. The smallest absolute Gasteiger partial charge is 0.127 e. The van der Waals surface area contributed by atoms with Gasteiger partial charge in [0.2, 0.25) is 0 Å². The highest BCUT2D eigenvalue weighted by atomic mass is 35.5. The zero-order chi connectivity index (χ0) is 19.1. The molecule has 1 aliphatic rings. The Hall–Kier alpha value is -3.18. The monoisotopic (exact) mass is 391 g/mol. The van der Waals surface area contributed by atoms with E-state index in [1.54, 1.807) is 18.2 Å². The highest BCUT2D eigenvalue weighted by Crippen LogP contribution is 2.48. The number of para-hydroxylation sites is 1. The van der Waals surface area contributed by atoms with Gasteiger partial charge in [0.25, 0.3) is 0 Å². The van der Waals surface area contributed by atoms with Gasteiger partial charge in [-0.25, -0.2) is 0 Å². The summed E-state index contributed by atoms with van der Waals surface area (Å²) in [6.07, 6.45) is 0. The maximum absolute atomic E-state index is 9.78. The van der Waals surface area contributed by atoms with Gasteiger partial charge in [-0.3, -0.25) is 0 Å². The second kappa shape index (κ2) is 6.52. The molecule has 6 heteroatoms. The van der Waals surface area contributed by atoms with Crippen LogP contribution in [0, 0.1) is 22.7 Å². The van der Waals surface area contributed by atoms with Crippen molar-refractivity contribution in [3.63, 3.8) is 0 Å². The molecule has 0 unspecified atom stereocenters. The Balaban J connectivity index is 2.20. The quantitative estimate of drug-likeness (QED) is 0.551. The zero-order valence-electron chi connectivity index (χ0n) is 13.9. The Morgan fingerprint density at radius 2 is 1.52 bits per heavy atom. The highest BCUT2D eigenvalue weighted by Gasteiger charge is 2.30. The molecular formula is C21H11Cl2N3O. The normalized spacial score (nSPS) is 11.6. The van der Waals surface area contributed by atoms with Crippen molar-refractivity contribution >= 4 is 28.9 Å². The molecule has 0 saturated carbocycles. The van der Waals surface area contributed by atoms with E-state index in [1.165, 1.54) is 0 Å². The average molecular weight is 392 g/mol. The van der Waals surface area contributed by atoms with Crippen molar-refractivity contribution in [2.24, 2.45) is 0 Å². The maximum atomic E-state index is 9.78. The average Bonchev–Trinajstić information content (AvgIpc) is 2.69. The van der Waals surface area contributed by atoms with Crippen LogP contribution in [0.3, 0.4) is 0 Å². The molecule has 2 N–H and O–H groups in total. The summed E-state index contributed by atoms with van der Waals surface area (Å²) in [4.78, 5) is 0. The molecule has 3 aromatic carbocycles. The highest BCUT2D eigenvalue weighted by molar-refractivity contribution is 6.43. The predicted octanol–water partition coefficient (Wildman–Crippen LogP) is 5.55. The van der Waals surface area contributed by atoms with Crippen molar-refractivity contribution < 1.29 is 4.74 Å². The summed E-state index contributed by atoms with van der Waals surface area (Å²) >= 11 is 12.6. The number of nitrogens with two attached hydrogens (primary N) is 1. The van der Waals surface area contributed by atoms with E-state index in [4.69, 9.17) is 33.7 Å². The first-order valence-corrected chi connectivity index (χ1v) is 8.79. The first-order valence-electron chi connectivity index (χ1n) is 8.03. The predicted molar refractivity (Wildman–Crippen MR) is 106 cm³/mol. The van der Waals surface area contributed by atoms with E-state index in [0.29, 0.717) is 38.0 Å². The Morgan fingerprint density at radius 3 is 2.22 bits per heavy atom. The fourth-order valence-electron chi connectivity index (χ4n) is 3.44. The summed E-state index contributed by atoms with van der Waals surface area (Å²) in [6.45, 7) is 0.189. The third-order valence-corrected chi connectivity index (χ3v) is 5.43. The SMILES string of the molecule is N#Cc1c(N)c(C#N)c(-c2cccc(Cl)c2Cl)c2c1-c1ccccc1OC2. The van der Waals surface area contributed by atoms with Crippen LogP contribution in [0.15, 0.2) is 42.5 Å². The van der Waals surface area contributed by atoms with Crippen LogP contribution in [0.4, 0.5) is 5.69 Å². The van der Waals surface area contributed by atoms with Crippen LogP contribution in [0.25, 0.3) is 22.3 Å². The number of nitrogen functional groups attached to an aromatic ring is 1. The van der Waals surface area contributed by atoms with E-state index in [-0.39, 0.29) is 23.4 Å². The summed E-state index contributed by atoms with van der Waals surface area (Å²) in [7, 11) is 0. The van der Waals surface area contributed by atoms with Crippen molar-refractivity contribution in [3.8, 4) is 40.1 Å². The lowest BCUT2D eigenvalue weighted by Crippen LogP contribution is -2.12. The van der Waals surface area contributed by atoms with Gasteiger partial charge in [-0.2, -0.15) is 10.5 Å². The van der Waals surface area contributed by atoms with Crippen LogP contribution in [0.5, 0.6) is 5.75 Å². The molecule has 1 aliphatic heterocycles. The lowest BCUT2D eigenvalue weighted by molar-refractivity contribution is 0.303. The van der Waals surface area contributed by atoms with Crippen LogP contribution >= 0.6 is 23.2 Å². The molecule has 0 bridgehead atoms. The number of hydrogen-bond donors (Lipinski definition) is 1. The minimum Gasteiger partial charge on any atom is -0.488 e. The van der Waals surface area contributed by atoms with E-state index in [0.717, 1.165) is 5.56 Å². The number of nitriles is 2. The molecule has 4 rings (SSSR count). The number of benzene rings is 3. The number of anilines is 1. The van der Waals surface area contributed by atoms with Gasteiger partial charge in [0.05, 0.1) is 26.9 Å². The fraction of sp³-hybridized carbons (Fsp3) is 0.0476. The summed E-state index contributed by atoms with van der Waals surface area (Å²) < 4.78 is 5.89. The molecule has 0 spiro atoms. The van der Waals surface area contributed by atoms with E-state index in [2.05, 4.69) is 12.1 Å². The van der Waals surface area contributed by atoms with Crippen molar-refractivity contribution in [2.75, 3.05) is 5.73 Å². The Kier molecular flexibility index (Phi) is 4.16. The van der Waals surface area contributed by atoms with Crippen LogP contribution < -0.4 is 10.5 Å². The number of fused-ring (bicyclic) bond motifs is 3. The molecule has 3 aromatic rings. The van der Waals surface area contributed by atoms with Crippen LogP contribution in [0.1, 0.15) is 16.7 Å². The largest absolute Gasteiger partial charge is 0.488 e. The number of ether oxygens (including phenoxy) is 1. The van der Waals surface area contributed by atoms with Crippen LogP contribution in [-0.4, -0.2) is 0 Å². The molecule has 0 radical (unpaired) electrons. The molecule has 130 valence electrons. The number of nitrogens with zero attached hydrogens (tertiary/aromatic N) is 2. The summed E-state index contributed by atoms with van der Waals surface area (Å²) in [5, 5.41) is 20.2. The van der Waals surface area contributed by atoms with Crippen molar-refractivity contribution in [1.29, 1.82) is 10.5 Å². The van der Waals surface area contributed by atoms with E-state index >= 15 is 0 Å². The van der Waals surface area contributed by atoms with Crippen molar-refractivity contribution in [1.82, 2.24) is 0 Å². The van der Waals surface area contributed by atoms with Gasteiger partial charge in [-0.05, 0) is 12.1 Å². The molecule has 0 saturated heterocycles. The molecule has 1 heterocycles. The minimum absolute atomic E-state index is 0.126. The first kappa shape index (κ1) is 17.2. The topological polar surface area (TPSA) is 82.8 Å². The fourth-order valence-corrected chi connectivity index (χ4v) is 3.83. The minimum atomic E-state index is 0.126. The van der Waals surface area contributed by atoms with Gasteiger partial charge in [0, 0.05) is 27.8 Å². The van der Waals surface area contributed by atoms with E-state index in [9.17, 15) is 10.5 Å². The third kappa shape index (κ3) is 2.51. The van der Waals surface area contributed by atoms with Gasteiger partial charge in [0.1, 0.15) is 24.5 Å². The maximum Gasteiger partial charge on any atom is 0.127 e. The Labute approximate surface area is 165 Å². The molecule has 0 aliphatic carbocycles. The van der Waals surface area contributed by atoms with Gasteiger partial charge < -0.3 is 10.5 Å². The van der Waals surface area contributed by atoms with Crippen molar-refractivity contribution in [2.45, 2.75) is 6.61 Å². The second-order valence-corrected chi connectivity index (χ2v) is 6.79. The zero-order valence-corrected chi connectivity index (χ0v) is 15.4. The Morgan fingerprint density at radius 1 is 0.889 bits per heavy atom. The van der Waals surface area contributed by atoms with Crippen LogP contribution in [0.2, 0.25) is 10.0 Å². The second-order valence-electron chi connectivity index (χ2n) is 6.00. The summed E-state index contributed by atoms with van der Waals surface area (Å²) in [5.74, 6) is 0.661. The molecule has 0 amide bonds. The van der Waals surface area contributed by atoms with Gasteiger partial charge >= 0.3 is 0 Å². The number of halogens is 2. The van der Waals surface area contributed by atoms with E-state index < -0.39 is 0 Å². The number of hydrogen-bond acceptors (Lipinski definition) is 4. The van der Waals surface area contributed by atoms with Crippen molar-refractivity contribution in [3.05, 3.63) is 69.2 Å². The van der Waals surface area contributed by atoms with Crippen LogP contribution in [-0.2, 0) is 6.61 Å². The van der Waals surface area contributed by atoms with Gasteiger partial charge in [0.15, 0.2) is 0 Å². The van der Waals surface area contributed by atoms with E-state index in [1.807, 2.05) is 24.3 Å². The third-order valence-electron chi connectivity index (χ3n) is 4.62. The lowest BCUT2D eigenvalue weighted by atomic mass is 9.83. The Bertz CT molecular complexity index is 1190.